The maximum atomic E-state index is 8.84. The number of nitrogens with zero attached hydrogens (tertiary/aromatic N) is 4. The number of nitrogen functional groups attached to an aromatic ring is 1. The number of rotatable bonds is 16. The van der Waals surface area contributed by atoms with Gasteiger partial charge in [-0.15, -0.1) is 0 Å². The summed E-state index contributed by atoms with van der Waals surface area (Å²) in [5, 5.41) is 19.8. The molecule has 2 saturated carbocycles. The van der Waals surface area contributed by atoms with Crippen molar-refractivity contribution >= 4 is 17.6 Å². The molecular formula is C29H54N8O2. The van der Waals surface area contributed by atoms with E-state index >= 15 is 0 Å². The Hall–Kier alpha value is -1.72. The summed E-state index contributed by atoms with van der Waals surface area (Å²) >= 11 is 0. The number of hydrogen-bond acceptors (Lipinski definition) is 10. The molecule has 1 aromatic rings. The second-order valence-corrected chi connectivity index (χ2v) is 11.8. The molecule has 1 aliphatic heterocycles. The van der Waals surface area contributed by atoms with Gasteiger partial charge >= 0.3 is 0 Å². The zero-order chi connectivity index (χ0) is 27.1. The first-order valence-corrected chi connectivity index (χ1v) is 15.7. The van der Waals surface area contributed by atoms with Crippen molar-refractivity contribution in [1.29, 1.82) is 0 Å². The Balaban J connectivity index is 1.07. The van der Waals surface area contributed by atoms with E-state index in [1.54, 1.807) is 0 Å². The van der Waals surface area contributed by atoms with Crippen LogP contribution in [0.3, 0.4) is 0 Å². The van der Waals surface area contributed by atoms with Crippen molar-refractivity contribution in [1.82, 2.24) is 25.5 Å². The van der Waals surface area contributed by atoms with Gasteiger partial charge in [0.25, 0.3) is 0 Å². The van der Waals surface area contributed by atoms with Gasteiger partial charge in [0, 0.05) is 51.4 Å². The van der Waals surface area contributed by atoms with Gasteiger partial charge in [0.15, 0.2) is 0 Å². The highest BCUT2D eigenvalue weighted by atomic mass is 16.5. The van der Waals surface area contributed by atoms with Crippen LogP contribution in [-0.2, 0) is 4.74 Å². The van der Waals surface area contributed by atoms with Gasteiger partial charge in [0.2, 0.25) is 5.95 Å². The number of aromatic nitrogens is 2. The molecule has 0 atom stereocenters. The Bertz CT molecular complexity index is 793. The molecule has 0 bridgehead atoms. The minimum Gasteiger partial charge on any atom is -0.394 e. The fraction of sp³-hybridized carbons (Fsp3) is 0.862. The Morgan fingerprint density at radius 3 is 2.38 bits per heavy atom. The Labute approximate surface area is 235 Å². The van der Waals surface area contributed by atoms with E-state index in [9.17, 15) is 0 Å². The number of anilines is 3. The van der Waals surface area contributed by atoms with E-state index in [1.807, 2.05) is 6.07 Å². The van der Waals surface area contributed by atoms with Gasteiger partial charge in [0.1, 0.15) is 11.6 Å². The van der Waals surface area contributed by atoms with Gasteiger partial charge in [-0.3, -0.25) is 4.90 Å². The summed E-state index contributed by atoms with van der Waals surface area (Å²) in [5.74, 6) is 3.56. The molecule has 3 fully saturated rings. The van der Waals surface area contributed by atoms with Crippen molar-refractivity contribution in [2.24, 2.45) is 11.8 Å². The number of hydrogen-bond donors (Lipinski definition) is 5. The van der Waals surface area contributed by atoms with E-state index in [0.717, 1.165) is 76.7 Å². The number of ether oxygens (including phenoxy) is 1. The molecule has 0 radical (unpaired) electrons. The average Bonchev–Trinajstić information content (AvgIpc) is 2.97. The quantitative estimate of drug-likeness (QED) is 0.197. The monoisotopic (exact) mass is 546 g/mol. The molecule has 0 spiro atoms. The first-order valence-electron chi connectivity index (χ1n) is 15.7. The third-order valence-electron chi connectivity index (χ3n) is 8.73. The number of nitrogens with two attached hydrogens (primary N) is 1. The van der Waals surface area contributed by atoms with Crippen LogP contribution >= 0.6 is 0 Å². The van der Waals surface area contributed by atoms with E-state index in [-0.39, 0.29) is 6.61 Å². The molecule has 6 N–H and O–H groups in total. The molecule has 2 aliphatic carbocycles. The van der Waals surface area contributed by atoms with Gasteiger partial charge < -0.3 is 36.4 Å². The lowest BCUT2D eigenvalue weighted by Gasteiger charge is -2.35. The van der Waals surface area contributed by atoms with Crippen molar-refractivity contribution in [2.75, 3.05) is 94.7 Å². The first kappa shape index (κ1) is 30.2. The van der Waals surface area contributed by atoms with Crippen molar-refractivity contribution in [2.45, 2.75) is 70.3 Å². The molecule has 1 saturated heterocycles. The molecule has 3 aliphatic rings. The standard InChI is InChI=1S/C29H54N8O2/c30-27-21-28(37-15-13-36(14-16-37)17-19-39-20-18-38)35-29(34-27)33-23-25-9-7-24(8-10-25)22-31-11-4-12-32-26-5-2-1-3-6-26/h21,24-26,31-32,38H,1-20,22-23H2,(H3,30,33,34,35). The molecule has 0 amide bonds. The second kappa shape index (κ2) is 17.2. The summed E-state index contributed by atoms with van der Waals surface area (Å²) in [6, 6.07) is 2.66. The third kappa shape index (κ3) is 11.0. The molecule has 0 aromatic carbocycles. The maximum absolute atomic E-state index is 8.84. The van der Waals surface area contributed by atoms with Gasteiger partial charge in [-0.2, -0.15) is 9.97 Å². The van der Waals surface area contributed by atoms with Crippen LogP contribution in [-0.4, -0.2) is 105 Å². The second-order valence-electron chi connectivity index (χ2n) is 11.8. The fourth-order valence-electron chi connectivity index (χ4n) is 6.26. The Morgan fingerprint density at radius 1 is 0.897 bits per heavy atom. The van der Waals surface area contributed by atoms with Crippen molar-refractivity contribution in [3.8, 4) is 0 Å². The van der Waals surface area contributed by atoms with Crippen LogP contribution in [0.2, 0.25) is 0 Å². The number of nitrogens with one attached hydrogen (secondary N) is 3. The minimum absolute atomic E-state index is 0.0799. The predicted molar refractivity (Wildman–Crippen MR) is 159 cm³/mol. The molecule has 10 heteroatoms. The summed E-state index contributed by atoms with van der Waals surface area (Å²) in [6.45, 7) is 10.1. The van der Waals surface area contributed by atoms with Crippen LogP contribution in [0.4, 0.5) is 17.6 Å². The maximum Gasteiger partial charge on any atom is 0.226 e. The molecular weight excluding hydrogens is 492 g/mol. The van der Waals surface area contributed by atoms with Crippen LogP contribution in [0.25, 0.3) is 0 Å². The van der Waals surface area contributed by atoms with Crippen molar-refractivity contribution in [3.63, 3.8) is 0 Å². The van der Waals surface area contributed by atoms with Gasteiger partial charge in [-0.25, -0.2) is 0 Å². The van der Waals surface area contributed by atoms with E-state index in [1.165, 1.54) is 64.2 Å². The average molecular weight is 547 g/mol. The molecule has 4 rings (SSSR count). The number of aliphatic hydroxyl groups is 1. The molecule has 10 nitrogen and oxygen atoms in total. The van der Waals surface area contributed by atoms with Gasteiger partial charge in [0.05, 0.1) is 19.8 Å². The summed E-state index contributed by atoms with van der Waals surface area (Å²) < 4.78 is 5.40. The van der Waals surface area contributed by atoms with Crippen molar-refractivity contribution in [3.05, 3.63) is 6.07 Å². The summed E-state index contributed by atoms with van der Waals surface area (Å²) in [7, 11) is 0. The van der Waals surface area contributed by atoms with E-state index in [0.29, 0.717) is 30.9 Å². The highest BCUT2D eigenvalue weighted by molar-refractivity contribution is 5.51. The molecule has 222 valence electrons. The van der Waals surface area contributed by atoms with Crippen LogP contribution < -0.4 is 26.6 Å². The first-order chi connectivity index (χ1) is 19.2. The lowest BCUT2D eigenvalue weighted by Crippen LogP contribution is -2.47. The lowest BCUT2D eigenvalue weighted by atomic mass is 9.82. The largest absolute Gasteiger partial charge is 0.394 e. The van der Waals surface area contributed by atoms with Crippen molar-refractivity contribution < 1.29 is 9.84 Å². The molecule has 0 unspecified atom stereocenters. The molecule has 2 heterocycles. The zero-order valence-corrected chi connectivity index (χ0v) is 24.1. The molecule has 1 aromatic heterocycles. The van der Waals surface area contributed by atoms with E-state index < -0.39 is 0 Å². The lowest BCUT2D eigenvalue weighted by molar-refractivity contribution is 0.0724. The van der Waals surface area contributed by atoms with Crippen LogP contribution in [0, 0.1) is 11.8 Å². The normalized spacial score (nSPS) is 23.3. The number of piperazine rings is 1. The van der Waals surface area contributed by atoms with E-state index in [4.69, 9.17) is 20.6 Å². The minimum atomic E-state index is 0.0799. The highest BCUT2D eigenvalue weighted by Gasteiger charge is 2.22. The smallest absolute Gasteiger partial charge is 0.226 e. The third-order valence-corrected chi connectivity index (χ3v) is 8.73. The molecule has 39 heavy (non-hydrogen) atoms. The van der Waals surface area contributed by atoms with Gasteiger partial charge in [-0.05, 0) is 76.4 Å². The Kier molecular flexibility index (Phi) is 13.3. The van der Waals surface area contributed by atoms with E-state index in [2.05, 4.69) is 30.7 Å². The topological polar surface area (TPSA) is 124 Å². The van der Waals surface area contributed by atoms with Crippen LogP contribution in [0.5, 0.6) is 0 Å². The van der Waals surface area contributed by atoms with Crippen LogP contribution in [0.15, 0.2) is 6.07 Å². The zero-order valence-electron chi connectivity index (χ0n) is 24.1. The number of aliphatic hydroxyl groups excluding tert-OH is 1. The highest BCUT2D eigenvalue weighted by Crippen LogP contribution is 2.29. The van der Waals surface area contributed by atoms with Crippen LogP contribution in [0.1, 0.15) is 64.2 Å². The predicted octanol–water partition coefficient (Wildman–Crippen LogP) is 2.31. The fourth-order valence-corrected chi connectivity index (χ4v) is 6.26. The summed E-state index contributed by atoms with van der Waals surface area (Å²) in [6.07, 6.45) is 13.4. The van der Waals surface area contributed by atoms with Gasteiger partial charge in [-0.1, -0.05) is 19.3 Å². The SMILES string of the molecule is Nc1cc(N2CCN(CCOCCO)CC2)nc(NCC2CCC(CNCCCNC3CCCCC3)CC2)n1. The Morgan fingerprint density at radius 2 is 1.64 bits per heavy atom. The summed E-state index contributed by atoms with van der Waals surface area (Å²) in [5.41, 5.74) is 6.15. The summed E-state index contributed by atoms with van der Waals surface area (Å²) in [4.78, 5) is 13.9.